The lowest BCUT2D eigenvalue weighted by Gasteiger charge is -2.07. The number of thiophene rings is 1. The topological polar surface area (TPSA) is 73.8 Å². The zero-order chi connectivity index (χ0) is 19.3. The average Bonchev–Trinajstić information content (AvgIpc) is 3.36. The molecule has 4 heterocycles. The fourth-order valence-electron chi connectivity index (χ4n) is 3.33. The van der Waals surface area contributed by atoms with Gasteiger partial charge in [0.25, 0.3) is 0 Å². The Balaban J connectivity index is 1.54. The second-order valence-electron chi connectivity index (χ2n) is 6.75. The third-order valence-electron chi connectivity index (χ3n) is 4.69. The Morgan fingerprint density at radius 2 is 2.00 bits per heavy atom. The lowest BCUT2D eigenvalue weighted by molar-refractivity contribution is 0.284. The maximum atomic E-state index is 9.45. The minimum Gasteiger partial charge on any atom is -0.391 e. The highest BCUT2D eigenvalue weighted by Crippen LogP contribution is 2.39. The van der Waals surface area contributed by atoms with Crippen molar-refractivity contribution in [1.82, 2.24) is 15.0 Å². The molecule has 5 nitrogen and oxygen atoms in total. The van der Waals surface area contributed by atoms with Gasteiger partial charge >= 0.3 is 0 Å². The van der Waals surface area contributed by atoms with Crippen LogP contribution in [0.3, 0.4) is 0 Å². The van der Waals surface area contributed by atoms with E-state index >= 15 is 0 Å². The summed E-state index contributed by atoms with van der Waals surface area (Å²) in [5, 5.41) is 15.1. The van der Waals surface area contributed by atoms with Crippen LogP contribution in [0.5, 0.6) is 0 Å². The number of aryl methyl sites for hydroxylation is 2. The normalized spacial score (nSPS) is 11.5. The first-order valence-corrected chi connectivity index (χ1v) is 10.6. The van der Waals surface area contributed by atoms with Crippen molar-refractivity contribution < 1.29 is 5.11 Å². The number of H-pyrrole nitrogens is 1. The van der Waals surface area contributed by atoms with E-state index in [2.05, 4.69) is 57.5 Å². The summed E-state index contributed by atoms with van der Waals surface area (Å²) >= 11 is 3.21. The highest BCUT2D eigenvalue weighted by atomic mass is 32.1. The summed E-state index contributed by atoms with van der Waals surface area (Å²) in [5.41, 5.74) is 6.20. The Kier molecular flexibility index (Phi) is 4.16. The summed E-state index contributed by atoms with van der Waals surface area (Å²) in [7, 11) is 0. The van der Waals surface area contributed by atoms with E-state index in [1.54, 1.807) is 11.3 Å². The van der Waals surface area contributed by atoms with E-state index < -0.39 is 0 Å². The van der Waals surface area contributed by atoms with Crippen molar-refractivity contribution in [2.45, 2.75) is 20.5 Å². The lowest BCUT2D eigenvalue weighted by atomic mass is 10.2. The predicted molar refractivity (Wildman–Crippen MR) is 118 cm³/mol. The molecule has 3 N–H and O–H groups in total. The molecule has 140 valence electrons. The molecule has 0 aliphatic heterocycles. The summed E-state index contributed by atoms with van der Waals surface area (Å²) in [6, 6.07) is 12.5. The molecule has 4 aromatic heterocycles. The molecule has 1 aromatic carbocycles. The second kappa shape index (κ2) is 6.70. The fourth-order valence-corrected chi connectivity index (χ4v) is 5.39. The summed E-state index contributed by atoms with van der Waals surface area (Å²) < 4.78 is 1.10. The summed E-state index contributed by atoms with van der Waals surface area (Å²) in [6.07, 6.45) is 1.83. The van der Waals surface area contributed by atoms with E-state index in [1.165, 1.54) is 16.7 Å². The molecule has 0 bridgehead atoms. The summed E-state index contributed by atoms with van der Waals surface area (Å²) in [4.78, 5) is 14.5. The van der Waals surface area contributed by atoms with Crippen LogP contribution in [-0.4, -0.2) is 20.1 Å². The van der Waals surface area contributed by atoms with Crippen LogP contribution in [-0.2, 0) is 6.61 Å². The first kappa shape index (κ1) is 17.4. The maximum absolute atomic E-state index is 9.45. The molecule has 5 aromatic rings. The molecule has 0 aliphatic carbocycles. The van der Waals surface area contributed by atoms with Gasteiger partial charge in [0.2, 0.25) is 0 Å². The Hall–Kier alpha value is -2.74. The fraction of sp³-hybridized carbons (Fsp3) is 0.143. The van der Waals surface area contributed by atoms with Crippen molar-refractivity contribution in [1.29, 1.82) is 0 Å². The number of nitrogens with zero attached hydrogens (tertiary/aromatic N) is 2. The molecule has 7 heteroatoms. The number of rotatable bonds is 4. The number of benzene rings is 1. The molecule has 28 heavy (non-hydrogen) atoms. The molecule has 0 spiro atoms. The standard InChI is InChI=1S/C21H18N4OS2/c1-11-7-13-8-14(3-4-15(13)23-11)25-16-5-6-22-17-9-18(27-20(16)17)21-24-12(2)19(10-26)28-21/h3-9,23,26H,10H2,1-2H3,(H,22,25). The number of aliphatic hydroxyl groups is 1. The number of hydrogen-bond donors (Lipinski definition) is 3. The molecule has 0 amide bonds. The summed E-state index contributed by atoms with van der Waals surface area (Å²) in [6.45, 7) is 4.03. The highest BCUT2D eigenvalue weighted by Gasteiger charge is 2.14. The molecule has 0 radical (unpaired) electrons. The van der Waals surface area contributed by atoms with Crippen LogP contribution in [0, 0.1) is 13.8 Å². The van der Waals surface area contributed by atoms with Crippen molar-refractivity contribution in [2.75, 3.05) is 5.32 Å². The number of thiazole rings is 1. The number of aromatic amines is 1. The van der Waals surface area contributed by atoms with Crippen LogP contribution in [0.4, 0.5) is 11.4 Å². The van der Waals surface area contributed by atoms with E-state index in [-0.39, 0.29) is 6.61 Å². The van der Waals surface area contributed by atoms with Crippen molar-refractivity contribution >= 4 is 55.2 Å². The van der Waals surface area contributed by atoms with Crippen LogP contribution in [0.1, 0.15) is 16.3 Å². The molecule has 0 atom stereocenters. The first-order valence-electron chi connectivity index (χ1n) is 8.93. The molecule has 0 unspecified atom stereocenters. The van der Waals surface area contributed by atoms with Gasteiger partial charge in [-0.2, -0.15) is 0 Å². The molecule has 5 rings (SSSR count). The van der Waals surface area contributed by atoms with Crippen molar-refractivity contribution in [2.24, 2.45) is 0 Å². The lowest BCUT2D eigenvalue weighted by Crippen LogP contribution is -1.90. The number of anilines is 2. The van der Waals surface area contributed by atoms with Crippen LogP contribution >= 0.6 is 22.7 Å². The number of hydrogen-bond acceptors (Lipinski definition) is 6. The number of nitrogens with one attached hydrogen (secondary N) is 2. The van der Waals surface area contributed by atoms with Gasteiger partial charge in [-0.25, -0.2) is 4.98 Å². The van der Waals surface area contributed by atoms with E-state index in [4.69, 9.17) is 0 Å². The van der Waals surface area contributed by atoms with Crippen LogP contribution in [0.25, 0.3) is 31.0 Å². The van der Waals surface area contributed by atoms with Gasteiger partial charge < -0.3 is 15.4 Å². The van der Waals surface area contributed by atoms with Crippen molar-refractivity contribution in [3.05, 3.63) is 58.9 Å². The number of aliphatic hydroxyl groups excluding tert-OH is 1. The van der Waals surface area contributed by atoms with E-state index in [9.17, 15) is 5.11 Å². The van der Waals surface area contributed by atoms with Gasteiger partial charge in [-0.1, -0.05) is 0 Å². The Labute approximate surface area is 169 Å². The molecular formula is C21H18N4OS2. The van der Waals surface area contributed by atoms with Crippen molar-refractivity contribution in [3.63, 3.8) is 0 Å². The average molecular weight is 407 g/mol. The van der Waals surface area contributed by atoms with E-state index in [0.29, 0.717) is 0 Å². The Morgan fingerprint density at radius 1 is 1.11 bits per heavy atom. The van der Waals surface area contributed by atoms with E-state index in [0.717, 1.165) is 53.3 Å². The van der Waals surface area contributed by atoms with Crippen LogP contribution in [0.15, 0.2) is 42.6 Å². The zero-order valence-corrected chi connectivity index (χ0v) is 17.0. The third-order valence-corrected chi connectivity index (χ3v) is 7.16. The van der Waals surface area contributed by atoms with Gasteiger partial charge in [0.05, 0.1) is 38.0 Å². The second-order valence-corrected chi connectivity index (χ2v) is 8.88. The highest BCUT2D eigenvalue weighted by molar-refractivity contribution is 7.26. The van der Waals surface area contributed by atoms with E-state index in [1.807, 2.05) is 19.2 Å². The SMILES string of the molecule is Cc1cc2cc(Nc3ccnc4cc(-c5nc(C)c(CO)s5)sc34)ccc2[nH]1. The van der Waals surface area contributed by atoms with Gasteiger partial charge in [-0.3, -0.25) is 4.98 Å². The van der Waals surface area contributed by atoms with Gasteiger partial charge in [0.15, 0.2) is 0 Å². The largest absolute Gasteiger partial charge is 0.391 e. The van der Waals surface area contributed by atoms with Crippen LogP contribution in [0.2, 0.25) is 0 Å². The molecule has 0 saturated carbocycles. The third kappa shape index (κ3) is 2.97. The Morgan fingerprint density at radius 3 is 2.82 bits per heavy atom. The van der Waals surface area contributed by atoms with Gasteiger partial charge in [0.1, 0.15) is 5.01 Å². The summed E-state index contributed by atoms with van der Waals surface area (Å²) in [5.74, 6) is 0. The number of aromatic nitrogens is 3. The minimum absolute atomic E-state index is 0.0283. The van der Waals surface area contributed by atoms with Crippen molar-refractivity contribution in [3.8, 4) is 9.88 Å². The number of pyridine rings is 1. The minimum atomic E-state index is 0.0283. The monoisotopic (exact) mass is 406 g/mol. The number of fused-ring (bicyclic) bond motifs is 2. The smallest absolute Gasteiger partial charge is 0.134 e. The first-order chi connectivity index (χ1) is 13.6. The van der Waals surface area contributed by atoms with Crippen LogP contribution < -0.4 is 5.32 Å². The maximum Gasteiger partial charge on any atom is 0.134 e. The quantitative estimate of drug-likeness (QED) is 0.355. The molecule has 0 fully saturated rings. The van der Waals surface area contributed by atoms with Gasteiger partial charge in [-0.05, 0) is 50.2 Å². The van der Waals surface area contributed by atoms with Gasteiger partial charge in [-0.15, -0.1) is 22.7 Å². The zero-order valence-electron chi connectivity index (χ0n) is 15.4. The molecule has 0 saturated heterocycles. The molecule has 0 aliphatic rings. The predicted octanol–water partition coefficient (Wildman–Crippen LogP) is 5.75. The molecular weight excluding hydrogens is 388 g/mol. The Bertz CT molecular complexity index is 1310. The van der Waals surface area contributed by atoms with Gasteiger partial charge in [0, 0.05) is 28.5 Å².